The molecule has 0 saturated carbocycles. The summed E-state index contributed by atoms with van der Waals surface area (Å²) in [6.07, 6.45) is 0. The van der Waals surface area contributed by atoms with Crippen LogP contribution in [0.3, 0.4) is 0 Å². The summed E-state index contributed by atoms with van der Waals surface area (Å²) >= 11 is 0. The molecule has 1 aromatic rings. The van der Waals surface area contributed by atoms with Crippen molar-refractivity contribution in [3.05, 3.63) is 35.9 Å². The number of aryl methyl sites for hydroxylation is 1. The van der Waals surface area contributed by atoms with Crippen LogP contribution in [-0.2, 0) is 10.0 Å². The summed E-state index contributed by atoms with van der Waals surface area (Å²) in [6, 6.07) is 5.27. The Kier molecular flexibility index (Phi) is 1.72. The van der Waals surface area contributed by atoms with E-state index in [1.807, 2.05) is 13.0 Å². The highest BCUT2D eigenvalue weighted by Gasteiger charge is 2.33. The zero-order valence-corrected chi connectivity index (χ0v) is 8.93. The molecule has 3 nitrogen and oxygen atoms in total. The summed E-state index contributed by atoms with van der Waals surface area (Å²) in [4.78, 5) is 0.357. The number of fused-ring (bicyclic) bond motifs is 1. The standard InChI is InChI=1S/C10H11NO2S/c1-7-4-5-10-9(6-7)8(2)11(3)14(10,12)13/h4-6H,2H2,1,3H3. The minimum Gasteiger partial charge on any atom is -0.269 e. The van der Waals surface area contributed by atoms with Crippen molar-refractivity contribution in [2.45, 2.75) is 11.8 Å². The highest BCUT2D eigenvalue weighted by molar-refractivity contribution is 7.90. The number of sulfonamides is 1. The fraction of sp³-hybridized carbons (Fsp3) is 0.200. The molecule has 0 fully saturated rings. The molecule has 0 N–H and O–H groups in total. The second-order valence-electron chi connectivity index (χ2n) is 3.42. The number of nitrogens with zero attached hydrogens (tertiary/aromatic N) is 1. The zero-order valence-electron chi connectivity index (χ0n) is 8.11. The van der Waals surface area contributed by atoms with Crippen LogP contribution >= 0.6 is 0 Å². The van der Waals surface area contributed by atoms with Gasteiger partial charge in [-0.3, -0.25) is 4.31 Å². The summed E-state index contributed by atoms with van der Waals surface area (Å²) < 4.78 is 24.8. The molecular formula is C10H11NO2S. The monoisotopic (exact) mass is 209 g/mol. The number of benzene rings is 1. The first-order chi connectivity index (χ1) is 6.44. The van der Waals surface area contributed by atoms with Gasteiger partial charge in [0.05, 0.1) is 10.6 Å². The van der Waals surface area contributed by atoms with Gasteiger partial charge in [-0.2, -0.15) is 0 Å². The van der Waals surface area contributed by atoms with E-state index in [0.717, 1.165) is 5.56 Å². The Hall–Kier alpha value is -1.29. The van der Waals surface area contributed by atoms with Gasteiger partial charge in [-0.1, -0.05) is 18.2 Å². The molecule has 0 spiro atoms. The van der Waals surface area contributed by atoms with Crippen molar-refractivity contribution in [1.82, 2.24) is 4.31 Å². The van der Waals surface area contributed by atoms with Crippen LogP contribution < -0.4 is 0 Å². The van der Waals surface area contributed by atoms with Crippen LogP contribution in [0.2, 0.25) is 0 Å². The van der Waals surface area contributed by atoms with Crippen molar-refractivity contribution in [3.8, 4) is 0 Å². The van der Waals surface area contributed by atoms with Crippen LogP contribution in [0.4, 0.5) is 0 Å². The van der Waals surface area contributed by atoms with Crippen LogP contribution in [-0.4, -0.2) is 19.8 Å². The van der Waals surface area contributed by atoms with Crippen LogP contribution in [0.15, 0.2) is 29.7 Å². The van der Waals surface area contributed by atoms with E-state index in [1.165, 1.54) is 11.4 Å². The molecule has 0 aliphatic carbocycles. The van der Waals surface area contributed by atoms with Crippen molar-refractivity contribution in [2.75, 3.05) is 7.05 Å². The molecule has 74 valence electrons. The van der Waals surface area contributed by atoms with Gasteiger partial charge in [0, 0.05) is 12.6 Å². The fourth-order valence-corrected chi connectivity index (χ4v) is 2.93. The van der Waals surface area contributed by atoms with Crippen molar-refractivity contribution < 1.29 is 8.42 Å². The summed E-state index contributed by atoms with van der Waals surface area (Å²) in [5.41, 5.74) is 2.30. The molecular weight excluding hydrogens is 198 g/mol. The summed E-state index contributed by atoms with van der Waals surface area (Å²) in [5.74, 6) is 0. The molecule has 0 aromatic heterocycles. The molecule has 0 saturated heterocycles. The van der Waals surface area contributed by atoms with Gasteiger partial charge in [-0.25, -0.2) is 8.42 Å². The van der Waals surface area contributed by atoms with Gasteiger partial charge in [0.1, 0.15) is 0 Å². The second-order valence-corrected chi connectivity index (χ2v) is 5.36. The lowest BCUT2D eigenvalue weighted by molar-refractivity contribution is 0.555. The molecule has 1 aliphatic rings. The van der Waals surface area contributed by atoms with E-state index in [-0.39, 0.29) is 0 Å². The normalized spacial score (nSPS) is 18.4. The third-order valence-corrected chi connectivity index (χ3v) is 4.32. The summed E-state index contributed by atoms with van der Waals surface area (Å²) in [5, 5.41) is 0. The SMILES string of the molecule is C=C1c2cc(C)ccc2S(=O)(=O)N1C. The molecule has 1 heterocycles. The van der Waals surface area contributed by atoms with E-state index < -0.39 is 10.0 Å². The Morgan fingerprint density at radius 1 is 1.36 bits per heavy atom. The van der Waals surface area contributed by atoms with E-state index in [9.17, 15) is 8.42 Å². The smallest absolute Gasteiger partial charge is 0.264 e. The summed E-state index contributed by atoms with van der Waals surface area (Å²) in [7, 11) is -1.80. The second kappa shape index (κ2) is 2.60. The minimum absolute atomic E-state index is 0.357. The maximum atomic E-state index is 11.8. The highest BCUT2D eigenvalue weighted by atomic mass is 32.2. The minimum atomic E-state index is -3.32. The average molecular weight is 209 g/mol. The van der Waals surface area contributed by atoms with E-state index in [4.69, 9.17) is 0 Å². The quantitative estimate of drug-likeness (QED) is 0.651. The Morgan fingerprint density at radius 3 is 2.64 bits per heavy atom. The predicted octanol–water partition coefficient (Wildman–Crippen LogP) is 1.60. The van der Waals surface area contributed by atoms with Crippen molar-refractivity contribution in [2.24, 2.45) is 0 Å². The first kappa shape index (κ1) is 9.27. The van der Waals surface area contributed by atoms with Gasteiger partial charge in [-0.15, -0.1) is 0 Å². The van der Waals surface area contributed by atoms with Crippen molar-refractivity contribution in [3.63, 3.8) is 0 Å². The number of hydrogen-bond donors (Lipinski definition) is 0. The van der Waals surface area contributed by atoms with E-state index in [0.29, 0.717) is 16.2 Å². The number of hydrogen-bond acceptors (Lipinski definition) is 2. The Balaban J connectivity index is 2.81. The third-order valence-electron chi connectivity index (χ3n) is 2.46. The molecule has 2 rings (SSSR count). The molecule has 0 amide bonds. The molecule has 0 unspecified atom stereocenters. The molecule has 1 aromatic carbocycles. The molecule has 14 heavy (non-hydrogen) atoms. The van der Waals surface area contributed by atoms with Crippen LogP contribution in [0.5, 0.6) is 0 Å². The van der Waals surface area contributed by atoms with Gasteiger partial charge < -0.3 is 0 Å². The first-order valence-electron chi connectivity index (χ1n) is 4.23. The van der Waals surface area contributed by atoms with Crippen molar-refractivity contribution >= 4 is 15.7 Å². The Bertz CT molecular complexity index is 517. The fourth-order valence-electron chi connectivity index (χ4n) is 1.56. The van der Waals surface area contributed by atoms with Gasteiger partial charge in [0.15, 0.2) is 0 Å². The summed E-state index contributed by atoms with van der Waals surface area (Å²) in [6.45, 7) is 5.69. The van der Waals surface area contributed by atoms with Gasteiger partial charge in [0.25, 0.3) is 10.0 Å². The molecule has 4 heteroatoms. The largest absolute Gasteiger partial charge is 0.269 e. The molecule has 0 bridgehead atoms. The maximum Gasteiger partial charge on any atom is 0.264 e. The predicted molar refractivity (Wildman–Crippen MR) is 55.2 cm³/mol. The first-order valence-corrected chi connectivity index (χ1v) is 5.67. The molecule has 0 atom stereocenters. The maximum absolute atomic E-state index is 11.8. The van der Waals surface area contributed by atoms with Crippen molar-refractivity contribution in [1.29, 1.82) is 0 Å². The topological polar surface area (TPSA) is 37.4 Å². The number of rotatable bonds is 0. The molecule has 1 aliphatic heterocycles. The Morgan fingerprint density at radius 2 is 2.00 bits per heavy atom. The van der Waals surface area contributed by atoms with Crippen LogP contribution in [0.25, 0.3) is 5.70 Å². The lowest BCUT2D eigenvalue weighted by atomic mass is 10.1. The van der Waals surface area contributed by atoms with Gasteiger partial charge in [0.2, 0.25) is 0 Å². The molecule has 0 radical (unpaired) electrons. The van der Waals surface area contributed by atoms with Gasteiger partial charge in [-0.05, 0) is 19.1 Å². The van der Waals surface area contributed by atoms with Gasteiger partial charge >= 0.3 is 0 Å². The zero-order chi connectivity index (χ0) is 10.5. The van der Waals surface area contributed by atoms with E-state index in [1.54, 1.807) is 12.1 Å². The van der Waals surface area contributed by atoms with Crippen LogP contribution in [0.1, 0.15) is 11.1 Å². The van der Waals surface area contributed by atoms with E-state index >= 15 is 0 Å². The third kappa shape index (κ3) is 1.00. The highest BCUT2D eigenvalue weighted by Crippen LogP contribution is 2.36. The van der Waals surface area contributed by atoms with E-state index in [2.05, 4.69) is 6.58 Å². The average Bonchev–Trinajstić information content (AvgIpc) is 2.28. The lowest BCUT2D eigenvalue weighted by Gasteiger charge is -2.09. The van der Waals surface area contributed by atoms with Crippen LogP contribution in [0, 0.1) is 6.92 Å². The lowest BCUT2D eigenvalue weighted by Crippen LogP contribution is -2.17. The Labute approximate surface area is 83.7 Å².